The fourth-order valence-electron chi connectivity index (χ4n) is 3.01. The second-order valence-electron chi connectivity index (χ2n) is 5.58. The largest absolute Gasteiger partial charge is 0.399 e. The molecule has 3 rings (SSSR count). The zero-order valence-electron chi connectivity index (χ0n) is 11.3. The van der Waals surface area contributed by atoms with Gasteiger partial charge in [0, 0.05) is 12.2 Å². The molecule has 1 aliphatic rings. The molecule has 0 bridgehead atoms. The van der Waals surface area contributed by atoms with Crippen molar-refractivity contribution in [3.05, 3.63) is 18.2 Å². The van der Waals surface area contributed by atoms with Crippen molar-refractivity contribution in [3.8, 4) is 0 Å². The van der Waals surface area contributed by atoms with Gasteiger partial charge < -0.3 is 16.0 Å². The van der Waals surface area contributed by atoms with Gasteiger partial charge in [0.25, 0.3) is 0 Å². The van der Waals surface area contributed by atoms with Crippen LogP contribution in [0, 0.1) is 5.92 Å². The van der Waals surface area contributed by atoms with E-state index in [9.17, 15) is 0 Å². The Kier molecular flexibility index (Phi) is 3.58. The third-order valence-electron chi connectivity index (χ3n) is 4.06. The first-order chi connectivity index (χ1) is 9.31. The van der Waals surface area contributed by atoms with Crippen molar-refractivity contribution in [1.82, 2.24) is 9.97 Å². The maximum atomic E-state index is 5.76. The molecule has 1 heterocycles. The molecular formula is C15H22N4. The summed E-state index contributed by atoms with van der Waals surface area (Å²) in [4.78, 5) is 7.76. The molecule has 0 aliphatic heterocycles. The van der Waals surface area contributed by atoms with E-state index in [0.717, 1.165) is 35.1 Å². The molecule has 0 unspecified atom stereocenters. The van der Waals surface area contributed by atoms with Crippen molar-refractivity contribution in [2.24, 2.45) is 5.92 Å². The van der Waals surface area contributed by atoms with Crippen molar-refractivity contribution in [2.75, 3.05) is 17.6 Å². The van der Waals surface area contributed by atoms with E-state index in [1.807, 2.05) is 18.2 Å². The number of imidazole rings is 1. The van der Waals surface area contributed by atoms with Crippen LogP contribution in [0.15, 0.2) is 18.2 Å². The van der Waals surface area contributed by atoms with Crippen LogP contribution in [0.1, 0.15) is 38.5 Å². The van der Waals surface area contributed by atoms with Crippen LogP contribution < -0.4 is 11.1 Å². The molecule has 1 aromatic carbocycles. The van der Waals surface area contributed by atoms with Crippen LogP contribution in [0.3, 0.4) is 0 Å². The summed E-state index contributed by atoms with van der Waals surface area (Å²) in [5.41, 5.74) is 8.49. The van der Waals surface area contributed by atoms with E-state index in [1.165, 1.54) is 38.5 Å². The summed E-state index contributed by atoms with van der Waals surface area (Å²) in [6.45, 7) is 0.992. The monoisotopic (exact) mass is 258 g/mol. The van der Waals surface area contributed by atoms with Gasteiger partial charge in [0.2, 0.25) is 5.95 Å². The van der Waals surface area contributed by atoms with Gasteiger partial charge in [-0.2, -0.15) is 0 Å². The lowest BCUT2D eigenvalue weighted by atomic mass is 10.0. The number of rotatable bonds is 5. The number of hydrogen-bond donors (Lipinski definition) is 3. The highest BCUT2D eigenvalue weighted by molar-refractivity contribution is 5.80. The first-order valence-electron chi connectivity index (χ1n) is 7.30. The summed E-state index contributed by atoms with van der Waals surface area (Å²) in [6, 6.07) is 5.75. The molecule has 1 aromatic heterocycles. The van der Waals surface area contributed by atoms with E-state index in [0.29, 0.717) is 0 Å². The second-order valence-corrected chi connectivity index (χ2v) is 5.58. The van der Waals surface area contributed by atoms with Crippen LogP contribution in [0.2, 0.25) is 0 Å². The molecule has 0 atom stereocenters. The van der Waals surface area contributed by atoms with Gasteiger partial charge in [-0.25, -0.2) is 4.98 Å². The number of nitrogens with two attached hydrogens (primary N) is 1. The molecule has 0 radical (unpaired) electrons. The average molecular weight is 258 g/mol. The van der Waals surface area contributed by atoms with E-state index in [-0.39, 0.29) is 0 Å². The number of aromatic amines is 1. The highest BCUT2D eigenvalue weighted by Gasteiger charge is 2.13. The van der Waals surface area contributed by atoms with Crippen molar-refractivity contribution in [3.63, 3.8) is 0 Å². The molecular weight excluding hydrogens is 236 g/mol. The Morgan fingerprint density at radius 3 is 3.00 bits per heavy atom. The Balaban J connectivity index is 1.50. The summed E-state index contributed by atoms with van der Waals surface area (Å²) < 4.78 is 0. The zero-order valence-corrected chi connectivity index (χ0v) is 11.3. The molecule has 1 saturated carbocycles. The highest BCUT2D eigenvalue weighted by atomic mass is 15.1. The zero-order chi connectivity index (χ0) is 13.1. The van der Waals surface area contributed by atoms with Crippen molar-refractivity contribution in [1.29, 1.82) is 0 Å². The van der Waals surface area contributed by atoms with Gasteiger partial charge in [0.15, 0.2) is 0 Å². The van der Waals surface area contributed by atoms with Crippen molar-refractivity contribution >= 4 is 22.7 Å². The van der Waals surface area contributed by atoms with E-state index in [2.05, 4.69) is 15.3 Å². The lowest BCUT2D eigenvalue weighted by Crippen LogP contribution is -2.05. The number of nitrogen functional groups attached to an aromatic ring is 1. The predicted octanol–water partition coefficient (Wildman–Crippen LogP) is 3.53. The van der Waals surface area contributed by atoms with Crippen LogP contribution in [0.5, 0.6) is 0 Å². The molecule has 2 aromatic rings. The smallest absolute Gasteiger partial charge is 0.201 e. The van der Waals surface area contributed by atoms with Gasteiger partial charge in [0.05, 0.1) is 11.0 Å². The lowest BCUT2D eigenvalue weighted by molar-refractivity contribution is 0.491. The van der Waals surface area contributed by atoms with Crippen LogP contribution in [-0.2, 0) is 0 Å². The minimum absolute atomic E-state index is 0.768. The maximum Gasteiger partial charge on any atom is 0.201 e. The fraction of sp³-hybridized carbons (Fsp3) is 0.533. The molecule has 1 fully saturated rings. The van der Waals surface area contributed by atoms with Gasteiger partial charge in [-0.1, -0.05) is 25.7 Å². The number of fused-ring (bicyclic) bond motifs is 1. The van der Waals surface area contributed by atoms with E-state index >= 15 is 0 Å². The quantitative estimate of drug-likeness (QED) is 0.567. The molecule has 0 spiro atoms. The highest BCUT2D eigenvalue weighted by Crippen LogP contribution is 2.28. The summed E-state index contributed by atoms with van der Waals surface area (Å²) in [5.74, 6) is 1.82. The Bertz CT molecular complexity index is 540. The van der Waals surface area contributed by atoms with Gasteiger partial charge in [0.1, 0.15) is 0 Å². The Morgan fingerprint density at radius 2 is 2.16 bits per heavy atom. The molecule has 102 valence electrons. The number of aromatic nitrogens is 2. The number of nitrogens with zero attached hydrogens (tertiary/aromatic N) is 1. The summed E-state index contributed by atoms with van der Waals surface area (Å²) in [5, 5.41) is 3.37. The minimum atomic E-state index is 0.768. The number of hydrogen-bond acceptors (Lipinski definition) is 3. The molecule has 0 saturated heterocycles. The van der Waals surface area contributed by atoms with Gasteiger partial charge in [-0.05, 0) is 37.0 Å². The third kappa shape index (κ3) is 3.00. The Hall–Kier alpha value is -1.71. The normalized spacial score (nSPS) is 16.2. The van der Waals surface area contributed by atoms with Gasteiger partial charge >= 0.3 is 0 Å². The fourth-order valence-corrected chi connectivity index (χ4v) is 3.01. The second kappa shape index (κ2) is 5.51. The van der Waals surface area contributed by atoms with Crippen LogP contribution >= 0.6 is 0 Å². The first kappa shape index (κ1) is 12.3. The topological polar surface area (TPSA) is 66.7 Å². The molecule has 4 nitrogen and oxygen atoms in total. The average Bonchev–Trinajstić information content (AvgIpc) is 3.02. The van der Waals surface area contributed by atoms with Gasteiger partial charge in [-0.15, -0.1) is 0 Å². The van der Waals surface area contributed by atoms with E-state index in [4.69, 9.17) is 5.73 Å². The lowest BCUT2D eigenvalue weighted by Gasteiger charge is -2.08. The van der Waals surface area contributed by atoms with Crippen molar-refractivity contribution in [2.45, 2.75) is 38.5 Å². The van der Waals surface area contributed by atoms with Crippen LogP contribution in [-0.4, -0.2) is 16.5 Å². The van der Waals surface area contributed by atoms with Gasteiger partial charge in [-0.3, -0.25) is 0 Å². The number of nitrogens with one attached hydrogen (secondary N) is 2. The summed E-state index contributed by atoms with van der Waals surface area (Å²) >= 11 is 0. The molecule has 4 N–H and O–H groups in total. The van der Waals surface area contributed by atoms with Crippen LogP contribution in [0.25, 0.3) is 11.0 Å². The van der Waals surface area contributed by atoms with Crippen LogP contribution in [0.4, 0.5) is 11.6 Å². The summed E-state index contributed by atoms with van der Waals surface area (Å²) in [6.07, 6.45) is 8.31. The number of H-pyrrole nitrogens is 1. The first-order valence-corrected chi connectivity index (χ1v) is 7.30. The molecule has 1 aliphatic carbocycles. The summed E-state index contributed by atoms with van der Waals surface area (Å²) in [7, 11) is 0. The number of anilines is 2. The third-order valence-corrected chi connectivity index (χ3v) is 4.06. The molecule has 19 heavy (non-hydrogen) atoms. The number of benzene rings is 1. The minimum Gasteiger partial charge on any atom is -0.399 e. The van der Waals surface area contributed by atoms with Crippen molar-refractivity contribution < 1.29 is 0 Å². The predicted molar refractivity (Wildman–Crippen MR) is 80.2 cm³/mol. The molecule has 4 heteroatoms. The SMILES string of the molecule is Nc1ccc2nc(NCCCC3CCCC3)[nH]c2c1. The maximum absolute atomic E-state index is 5.76. The Labute approximate surface area is 113 Å². The van der Waals surface area contributed by atoms with E-state index in [1.54, 1.807) is 0 Å². The Morgan fingerprint density at radius 1 is 1.32 bits per heavy atom. The van der Waals surface area contributed by atoms with E-state index < -0.39 is 0 Å². The molecule has 0 amide bonds. The standard InChI is InChI=1S/C15H22N4/c16-12-7-8-13-14(10-12)19-15(18-13)17-9-3-6-11-4-1-2-5-11/h7-8,10-11H,1-6,9,16H2,(H2,17,18,19).